The van der Waals surface area contributed by atoms with E-state index in [4.69, 9.17) is 11.6 Å². The maximum absolute atomic E-state index is 5.91. The SMILES string of the molecule is Clc1ccc(-c2cc3ccccc3c([AsH2])n2)cc1. The van der Waals surface area contributed by atoms with Crippen LogP contribution in [0, 0.1) is 0 Å². The summed E-state index contributed by atoms with van der Waals surface area (Å²) in [5.74, 6) is 0. The Morgan fingerprint density at radius 2 is 1.67 bits per heavy atom. The summed E-state index contributed by atoms with van der Waals surface area (Å²) in [5.41, 5.74) is 2.11. The third-order valence-electron chi connectivity index (χ3n) is 2.91. The molecule has 3 heteroatoms. The van der Waals surface area contributed by atoms with Gasteiger partial charge in [-0.15, -0.1) is 0 Å². The van der Waals surface area contributed by atoms with Crippen molar-refractivity contribution in [1.82, 2.24) is 4.98 Å². The predicted octanol–water partition coefficient (Wildman–Crippen LogP) is 2.81. The van der Waals surface area contributed by atoms with Gasteiger partial charge in [0.05, 0.1) is 0 Å². The molecule has 0 spiro atoms. The zero-order chi connectivity index (χ0) is 12.5. The van der Waals surface area contributed by atoms with Crippen LogP contribution in [0.25, 0.3) is 22.0 Å². The van der Waals surface area contributed by atoms with Gasteiger partial charge in [0.2, 0.25) is 0 Å². The Kier molecular flexibility index (Phi) is 3.11. The standard InChI is InChI=1S/C15H11AsClN/c16-15-13-4-2-1-3-11(13)9-14(18-15)10-5-7-12(17)8-6-10/h1-9H,16H2. The molecule has 0 bridgehead atoms. The minimum atomic E-state index is 0.750. The van der Waals surface area contributed by atoms with Crippen LogP contribution in [0.2, 0.25) is 5.02 Å². The number of rotatable bonds is 1. The van der Waals surface area contributed by atoms with E-state index < -0.39 is 0 Å². The predicted molar refractivity (Wildman–Crippen MR) is 80.4 cm³/mol. The van der Waals surface area contributed by atoms with Crippen LogP contribution in [-0.2, 0) is 0 Å². The molecule has 0 aliphatic rings. The first-order valence-electron chi connectivity index (χ1n) is 5.65. The van der Waals surface area contributed by atoms with Gasteiger partial charge in [0.1, 0.15) is 0 Å². The van der Waals surface area contributed by atoms with Gasteiger partial charge in [0.15, 0.2) is 0 Å². The Hall–Kier alpha value is -1.30. The number of benzene rings is 2. The van der Waals surface area contributed by atoms with Crippen LogP contribution in [-0.4, -0.2) is 21.8 Å². The van der Waals surface area contributed by atoms with Crippen LogP contribution >= 0.6 is 11.6 Å². The number of aromatic nitrogens is 1. The van der Waals surface area contributed by atoms with E-state index in [1.54, 1.807) is 16.9 Å². The number of hydrogen-bond acceptors (Lipinski definition) is 1. The van der Waals surface area contributed by atoms with Crippen molar-refractivity contribution in [3.8, 4) is 11.3 Å². The van der Waals surface area contributed by atoms with E-state index in [2.05, 4.69) is 35.3 Å². The fourth-order valence-corrected chi connectivity index (χ4v) is 2.96. The Bertz CT molecular complexity index is 707. The Labute approximate surface area is 119 Å². The molecule has 0 amide bonds. The molecule has 0 N–H and O–H groups in total. The Morgan fingerprint density at radius 3 is 2.44 bits per heavy atom. The summed E-state index contributed by atoms with van der Waals surface area (Å²) in [6.07, 6.45) is 0. The molecular formula is C15H11AsClN. The minimum absolute atomic E-state index is 0.750. The number of fused-ring (bicyclic) bond motifs is 1. The molecule has 0 aliphatic carbocycles. The van der Waals surface area contributed by atoms with E-state index in [0.717, 1.165) is 20.8 Å². The van der Waals surface area contributed by atoms with Crippen LogP contribution in [0.4, 0.5) is 0 Å². The van der Waals surface area contributed by atoms with Crippen molar-refractivity contribution in [2.24, 2.45) is 0 Å². The quantitative estimate of drug-likeness (QED) is 0.629. The molecule has 3 aromatic rings. The van der Waals surface area contributed by atoms with Crippen molar-refractivity contribution in [3.05, 3.63) is 59.6 Å². The number of pyridine rings is 1. The van der Waals surface area contributed by atoms with Gasteiger partial charge < -0.3 is 0 Å². The first kappa shape index (κ1) is 11.8. The van der Waals surface area contributed by atoms with Gasteiger partial charge in [0.25, 0.3) is 0 Å². The van der Waals surface area contributed by atoms with E-state index in [1.807, 2.05) is 24.3 Å². The van der Waals surface area contributed by atoms with Crippen molar-refractivity contribution in [2.45, 2.75) is 0 Å². The monoisotopic (exact) mass is 315 g/mol. The molecular weight excluding hydrogens is 305 g/mol. The van der Waals surface area contributed by atoms with Crippen molar-refractivity contribution in [3.63, 3.8) is 0 Å². The maximum atomic E-state index is 5.91. The van der Waals surface area contributed by atoms with Crippen molar-refractivity contribution in [1.29, 1.82) is 0 Å². The molecule has 1 heterocycles. The van der Waals surface area contributed by atoms with Crippen LogP contribution in [0.1, 0.15) is 0 Å². The van der Waals surface area contributed by atoms with E-state index in [9.17, 15) is 0 Å². The number of hydrogen-bond donors (Lipinski definition) is 0. The van der Waals surface area contributed by atoms with E-state index in [1.165, 1.54) is 10.8 Å². The molecule has 1 nitrogen and oxygen atoms in total. The molecule has 0 fully saturated rings. The van der Waals surface area contributed by atoms with Gasteiger partial charge >= 0.3 is 120 Å². The molecule has 1 aromatic heterocycles. The second-order valence-corrected chi connectivity index (χ2v) is 5.70. The Balaban J connectivity index is 2.21. The first-order valence-corrected chi connectivity index (χ1v) is 7.24. The molecule has 0 radical (unpaired) electrons. The van der Waals surface area contributed by atoms with Crippen molar-refractivity contribution >= 4 is 43.7 Å². The fourth-order valence-electron chi connectivity index (χ4n) is 1.99. The number of halogens is 1. The molecule has 0 aliphatic heterocycles. The second-order valence-electron chi connectivity index (χ2n) is 4.12. The molecule has 18 heavy (non-hydrogen) atoms. The van der Waals surface area contributed by atoms with Crippen molar-refractivity contribution in [2.75, 3.05) is 0 Å². The molecule has 3 rings (SSSR count). The normalized spacial score (nSPS) is 10.8. The third kappa shape index (κ3) is 2.16. The Morgan fingerprint density at radius 1 is 0.944 bits per heavy atom. The molecule has 1 atom stereocenters. The van der Waals surface area contributed by atoms with Crippen LogP contribution in [0.5, 0.6) is 0 Å². The third-order valence-corrected chi connectivity index (χ3v) is 4.09. The molecule has 1 unspecified atom stereocenters. The zero-order valence-electron chi connectivity index (χ0n) is 9.60. The van der Waals surface area contributed by atoms with Gasteiger partial charge in [-0.05, 0) is 0 Å². The van der Waals surface area contributed by atoms with Gasteiger partial charge in [-0.2, -0.15) is 0 Å². The van der Waals surface area contributed by atoms with Gasteiger partial charge in [-0.1, -0.05) is 0 Å². The van der Waals surface area contributed by atoms with Crippen LogP contribution < -0.4 is 4.48 Å². The molecule has 0 saturated heterocycles. The summed E-state index contributed by atoms with van der Waals surface area (Å²) < 4.78 is 1.12. The summed E-state index contributed by atoms with van der Waals surface area (Å²) in [7, 11) is 0. The van der Waals surface area contributed by atoms with E-state index >= 15 is 0 Å². The van der Waals surface area contributed by atoms with Crippen molar-refractivity contribution < 1.29 is 0 Å². The fraction of sp³-hybridized carbons (Fsp3) is 0. The summed E-state index contributed by atoms with van der Waals surface area (Å²) in [6, 6.07) is 18.3. The number of nitrogens with zero attached hydrogens (tertiary/aromatic N) is 1. The summed E-state index contributed by atoms with van der Waals surface area (Å²) >= 11 is 7.46. The zero-order valence-corrected chi connectivity index (χ0v) is 12.8. The van der Waals surface area contributed by atoms with E-state index in [0.29, 0.717) is 0 Å². The average molecular weight is 316 g/mol. The molecule has 0 saturated carbocycles. The summed E-state index contributed by atoms with van der Waals surface area (Å²) in [6.45, 7) is 0. The van der Waals surface area contributed by atoms with Crippen LogP contribution in [0.15, 0.2) is 54.6 Å². The average Bonchev–Trinajstić information content (AvgIpc) is 2.39. The summed E-state index contributed by atoms with van der Waals surface area (Å²) in [5, 5.41) is 3.22. The van der Waals surface area contributed by atoms with E-state index in [-0.39, 0.29) is 0 Å². The van der Waals surface area contributed by atoms with Crippen LogP contribution in [0.3, 0.4) is 0 Å². The molecule has 2 aromatic carbocycles. The molecule has 88 valence electrons. The summed E-state index contributed by atoms with van der Waals surface area (Å²) in [4.78, 5) is 4.69. The topological polar surface area (TPSA) is 12.9 Å². The first-order chi connectivity index (χ1) is 8.74. The van der Waals surface area contributed by atoms with Gasteiger partial charge in [0, 0.05) is 0 Å². The second kappa shape index (κ2) is 4.76. The van der Waals surface area contributed by atoms with Gasteiger partial charge in [-0.3, -0.25) is 0 Å². The van der Waals surface area contributed by atoms with Gasteiger partial charge in [-0.25, -0.2) is 0 Å².